The predicted molar refractivity (Wildman–Crippen MR) is 76.4 cm³/mol. The Balaban J connectivity index is 2.15. The van der Waals surface area contributed by atoms with Crippen molar-refractivity contribution in [2.24, 2.45) is 13.0 Å². The highest BCUT2D eigenvalue weighted by atomic mass is 19.4. The first-order chi connectivity index (χ1) is 10.3. The summed E-state index contributed by atoms with van der Waals surface area (Å²) in [6.45, 7) is 0.629. The Kier molecular flexibility index (Phi) is 4.93. The maximum atomic E-state index is 12.8. The predicted octanol–water partition coefficient (Wildman–Crippen LogP) is 3.09. The van der Waals surface area contributed by atoms with Crippen LogP contribution in [0.2, 0.25) is 0 Å². The van der Waals surface area contributed by atoms with Crippen LogP contribution in [0.15, 0.2) is 18.2 Å². The maximum Gasteiger partial charge on any atom is 0.406 e. The van der Waals surface area contributed by atoms with E-state index < -0.39 is 18.6 Å². The molecule has 0 saturated carbocycles. The minimum absolute atomic E-state index is 0.0654. The number of aryl methyl sites for hydroxylation is 2. The van der Waals surface area contributed by atoms with Gasteiger partial charge in [0.2, 0.25) is 0 Å². The van der Waals surface area contributed by atoms with Crippen molar-refractivity contribution < 1.29 is 18.0 Å². The van der Waals surface area contributed by atoms with Crippen LogP contribution in [0.5, 0.6) is 0 Å². The van der Waals surface area contributed by atoms with Gasteiger partial charge in [-0.25, -0.2) is 0 Å². The fourth-order valence-electron chi connectivity index (χ4n) is 2.60. The van der Waals surface area contributed by atoms with Crippen molar-refractivity contribution >= 4 is 5.91 Å². The summed E-state index contributed by atoms with van der Waals surface area (Å²) in [7, 11) is 1.66. The third-order valence-corrected chi connectivity index (χ3v) is 3.85. The van der Waals surface area contributed by atoms with E-state index in [2.05, 4.69) is 5.10 Å². The van der Waals surface area contributed by atoms with Gasteiger partial charge in [-0.05, 0) is 38.2 Å². The first-order valence-electron chi connectivity index (χ1n) is 7.28. The lowest BCUT2D eigenvalue weighted by Gasteiger charge is -2.28. The van der Waals surface area contributed by atoms with Gasteiger partial charge in [0.15, 0.2) is 5.69 Å². The molecule has 1 heterocycles. The van der Waals surface area contributed by atoms with E-state index in [1.165, 1.54) is 10.7 Å². The van der Waals surface area contributed by atoms with E-state index >= 15 is 0 Å². The molecule has 0 spiro atoms. The van der Waals surface area contributed by atoms with Crippen molar-refractivity contribution in [3.05, 3.63) is 29.6 Å². The lowest BCUT2D eigenvalue weighted by molar-refractivity contribution is -0.141. The molecule has 0 bridgehead atoms. The molecule has 7 heteroatoms. The van der Waals surface area contributed by atoms with E-state index in [0.717, 1.165) is 23.4 Å². The Hall–Kier alpha value is -1.79. The van der Waals surface area contributed by atoms with Crippen molar-refractivity contribution in [3.8, 4) is 0 Å². The molecule has 1 atom stereocenters. The smallest absolute Gasteiger partial charge is 0.328 e. The van der Waals surface area contributed by atoms with Gasteiger partial charge in [-0.1, -0.05) is 12.2 Å². The van der Waals surface area contributed by atoms with E-state index in [9.17, 15) is 18.0 Å². The molecule has 1 amide bonds. The lowest BCUT2D eigenvalue weighted by atomic mass is 9.94. The van der Waals surface area contributed by atoms with Crippen molar-refractivity contribution in [1.82, 2.24) is 14.7 Å². The van der Waals surface area contributed by atoms with E-state index in [-0.39, 0.29) is 18.2 Å². The molecule has 0 fully saturated rings. The molecule has 2 rings (SSSR count). The van der Waals surface area contributed by atoms with Crippen molar-refractivity contribution in [3.63, 3.8) is 0 Å². The number of carbonyl (C=O) groups is 1. The maximum absolute atomic E-state index is 12.8. The van der Waals surface area contributed by atoms with Crippen LogP contribution in [-0.4, -0.2) is 39.9 Å². The van der Waals surface area contributed by atoms with Gasteiger partial charge in [-0.3, -0.25) is 9.48 Å². The largest absolute Gasteiger partial charge is 0.406 e. The molecule has 122 valence electrons. The zero-order valence-corrected chi connectivity index (χ0v) is 12.7. The molecule has 0 aliphatic heterocycles. The molecule has 1 aromatic heterocycles. The third kappa shape index (κ3) is 4.35. The Labute approximate surface area is 127 Å². The fourth-order valence-corrected chi connectivity index (χ4v) is 2.60. The fraction of sp³-hybridized carbons (Fsp3) is 0.600. The van der Waals surface area contributed by atoms with Crippen LogP contribution in [0.4, 0.5) is 13.2 Å². The van der Waals surface area contributed by atoms with E-state index in [1.807, 2.05) is 12.2 Å². The summed E-state index contributed by atoms with van der Waals surface area (Å²) >= 11 is 0. The number of amides is 1. The van der Waals surface area contributed by atoms with Crippen LogP contribution >= 0.6 is 0 Å². The average Bonchev–Trinajstić information content (AvgIpc) is 2.77. The van der Waals surface area contributed by atoms with Gasteiger partial charge in [0, 0.05) is 19.3 Å². The van der Waals surface area contributed by atoms with Crippen LogP contribution in [0.25, 0.3) is 0 Å². The highest BCUT2D eigenvalue weighted by molar-refractivity contribution is 5.92. The number of rotatable bonds is 4. The summed E-state index contributed by atoms with van der Waals surface area (Å²) in [6.07, 6.45) is 1.94. The van der Waals surface area contributed by atoms with E-state index in [0.29, 0.717) is 6.42 Å². The minimum atomic E-state index is -4.41. The number of aromatic nitrogens is 2. The first-order valence-corrected chi connectivity index (χ1v) is 7.28. The Morgan fingerprint density at radius 2 is 2.18 bits per heavy atom. The van der Waals surface area contributed by atoms with Crippen molar-refractivity contribution in [1.29, 1.82) is 0 Å². The summed E-state index contributed by atoms with van der Waals surface area (Å²) in [5.74, 6) is -0.586. The first kappa shape index (κ1) is 16.6. The molecular formula is C15H20F3N3O. The number of nitrogens with zero attached hydrogens (tertiary/aromatic N) is 3. The second-order valence-electron chi connectivity index (χ2n) is 5.75. The Bertz CT molecular complexity index is 543. The topological polar surface area (TPSA) is 38.1 Å². The van der Waals surface area contributed by atoms with Gasteiger partial charge in [0.1, 0.15) is 6.54 Å². The van der Waals surface area contributed by atoms with Crippen molar-refractivity contribution in [2.45, 2.75) is 32.4 Å². The van der Waals surface area contributed by atoms with E-state index in [4.69, 9.17) is 0 Å². The minimum Gasteiger partial charge on any atom is -0.328 e. The molecule has 0 radical (unpaired) electrons. The van der Waals surface area contributed by atoms with E-state index in [1.54, 1.807) is 14.0 Å². The molecule has 1 aliphatic rings. The van der Waals surface area contributed by atoms with Gasteiger partial charge in [-0.15, -0.1) is 0 Å². The monoisotopic (exact) mass is 315 g/mol. The molecule has 4 nitrogen and oxygen atoms in total. The highest BCUT2D eigenvalue weighted by Crippen LogP contribution is 2.23. The second-order valence-corrected chi connectivity index (χ2v) is 5.75. The number of hydrogen-bond donors (Lipinski definition) is 0. The molecule has 22 heavy (non-hydrogen) atoms. The van der Waals surface area contributed by atoms with Crippen molar-refractivity contribution in [2.75, 3.05) is 13.1 Å². The standard InChI is InChI=1S/C15H20F3N3O/c1-11-8-13(19-20(11)2)14(22)21(10-15(16,17)18)9-12-6-4-3-5-7-12/h3-4,8,12H,5-7,9-10H2,1-2H3/t12-/m0/s1. The van der Waals surface area contributed by atoms with Gasteiger partial charge in [0.25, 0.3) is 5.91 Å². The molecule has 1 aliphatic carbocycles. The summed E-state index contributed by atoms with van der Waals surface area (Å²) in [6, 6.07) is 1.52. The number of carbonyl (C=O) groups excluding carboxylic acids is 1. The average molecular weight is 315 g/mol. The van der Waals surface area contributed by atoms with Crippen LogP contribution in [-0.2, 0) is 7.05 Å². The molecule has 0 unspecified atom stereocenters. The van der Waals surface area contributed by atoms with Gasteiger partial charge in [0.05, 0.1) is 0 Å². The summed E-state index contributed by atoms with van der Waals surface area (Å²) in [4.78, 5) is 13.3. The lowest BCUT2D eigenvalue weighted by Crippen LogP contribution is -2.42. The molecule has 1 aromatic rings. The molecule has 0 aromatic carbocycles. The Morgan fingerprint density at radius 3 is 2.68 bits per heavy atom. The molecule has 0 N–H and O–H groups in total. The van der Waals surface area contributed by atoms with Gasteiger partial charge < -0.3 is 4.90 Å². The molecule has 0 saturated heterocycles. The van der Waals surface area contributed by atoms with Crippen LogP contribution < -0.4 is 0 Å². The quantitative estimate of drug-likeness (QED) is 0.801. The number of allylic oxidation sites excluding steroid dienone is 2. The number of halogens is 3. The van der Waals surface area contributed by atoms with Gasteiger partial charge >= 0.3 is 6.18 Å². The zero-order valence-electron chi connectivity index (χ0n) is 12.7. The van der Waals surface area contributed by atoms with Gasteiger partial charge in [-0.2, -0.15) is 18.3 Å². The van der Waals surface area contributed by atoms with Crippen LogP contribution in [0, 0.1) is 12.8 Å². The number of hydrogen-bond acceptors (Lipinski definition) is 2. The summed E-state index contributed by atoms with van der Waals surface area (Å²) < 4.78 is 39.8. The normalized spacial score (nSPS) is 18.5. The SMILES string of the molecule is Cc1cc(C(=O)N(C[C@H]2CC=CCC2)CC(F)(F)F)nn1C. The van der Waals surface area contributed by atoms with Crippen LogP contribution in [0.3, 0.4) is 0 Å². The molecular weight excluding hydrogens is 295 g/mol. The number of alkyl halides is 3. The van der Waals surface area contributed by atoms with Crippen LogP contribution in [0.1, 0.15) is 35.4 Å². The highest BCUT2D eigenvalue weighted by Gasteiger charge is 2.35. The third-order valence-electron chi connectivity index (χ3n) is 3.85. The Morgan fingerprint density at radius 1 is 1.45 bits per heavy atom. The second kappa shape index (κ2) is 6.54. The summed E-state index contributed by atoms with van der Waals surface area (Å²) in [5.41, 5.74) is 0.798. The zero-order chi connectivity index (χ0) is 16.3. The summed E-state index contributed by atoms with van der Waals surface area (Å²) in [5, 5.41) is 4.00.